The smallest absolute Gasteiger partial charge is 0.257 e. The van der Waals surface area contributed by atoms with Crippen LogP contribution in [0.2, 0.25) is 5.02 Å². The number of hydrogen-bond donors (Lipinski definition) is 2. The molecule has 2 amide bonds. The number of halogens is 1. The predicted molar refractivity (Wildman–Crippen MR) is 108 cm³/mol. The van der Waals surface area contributed by atoms with Gasteiger partial charge in [-0.15, -0.1) is 0 Å². The SMILES string of the molecule is CC(NC(=O)c1ccc(NC(=O)c2ccccc2Cl)cc1)c1ccccc1. The molecule has 3 aromatic rings. The Labute approximate surface area is 163 Å². The number of carbonyl (C=O) groups is 2. The van der Waals surface area contributed by atoms with Crippen molar-refractivity contribution in [3.63, 3.8) is 0 Å². The van der Waals surface area contributed by atoms with E-state index in [1.807, 2.05) is 37.3 Å². The molecule has 3 aromatic carbocycles. The average molecular weight is 379 g/mol. The van der Waals surface area contributed by atoms with Crippen LogP contribution >= 0.6 is 11.6 Å². The first-order valence-electron chi connectivity index (χ1n) is 8.56. The molecule has 0 aliphatic carbocycles. The van der Waals surface area contributed by atoms with Gasteiger partial charge in [-0.05, 0) is 48.9 Å². The molecule has 27 heavy (non-hydrogen) atoms. The molecule has 0 aliphatic heterocycles. The summed E-state index contributed by atoms with van der Waals surface area (Å²) in [6.07, 6.45) is 0. The Kier molecular flexibility index (Phi) is 5.89. The van der Waals surface area contributed by atoms with Gasteiger partial charge in [0.25, 0.3) is 11.8 Å². The monoisotopic (exact) mass is 378 g/mol. The third kappa shape index (κ3) is 4.74. The number of hydrogen-bond acceptors (Lipinski definition) is 2. The third-order valence-electron chi connectivity index (χ3n) is 4.17. The van der Waals surface area contributed by atoms with E-state index in [-0.39, 0.29) is 17.9 Å². The van der Waals surface area contributed by atoms with Gasteiger partial charge in [-0.2, -0.15) is 0 Å². The Morgan fingerprint density at radius 3 is 2.11 bits per heavy atom. The van der Waals surface area contributed by atoms with Crippen molar-refractivity contribution in [3.05, 3.63) is 101 Å². The van der Waals surface area contributed by atoms with Crippen LogP contribution < -0.4 is 10.6 Å². The fourth-order valence-corrected chi connectivity index (χ4v) is 2.88. The van der Waals surface area contributed by atoms with Crippen LogP contribution in [0.1, 0.15) is 39.2 Å². The summed E-state index contributed by atoms with van der Waals surface area (Å²) < 4.78 is 0. The van der Waals surface area contributed by atoms with Crippen molar-refractivity contribution < 1.29 is 9.59 Å². The summed E-state index contributed by atoms with van der Waals surface area (Å²) in [7, 11) is 0. The van der Waals surface area contributed by atoms with Crippen LogP contribution in [0.4, 0.5) is 5.69 Å². The molecule has 1 atom stereocenters. The van der Waals surface area contributed by atoms with Crippen molar-refractivity contribution in [1.29, 1.82) is 0 Å². The summed E-state index contributed by atoms with van der Waals surface area (Å²) >= 11 is 6.04. The molecule has 3 rings (SSSR count). The van der Waals surface area contributed by atoms with E-state index in [0.717, 1.165) is 5.56 Å². The van der Waals surface area contributed by atoms with Crippen LogP contribution in [0.5, 0.6) is 0 Å². The number of carbonyl (C=O) groups excluding carboxylic acids is 2. The molecule has 0 fully saturated rings. The largest absolute Gasteiger partial charge is 0.346 e. The molecule has 0 spiro atoms. The number of anilines is 1. The van der Waals surface area contributed by atoms with Gasteiger partial charge >= 0.3 is 0 Å². The van der Waals surface area contributed by atoms with Crippen molar-refractivity contribution in [3.8, 4) is 0 Å². The molecule has 136 valence electrons. The lowest BCUT2D eigenvalue weighted by Crippen LogP contribution is -2.26. The Bertz CT molecular complexity index is 940. The Balaban J connectivity index is 1.64. The second kappa shape index (κ2) is 8.52. The van der Waals surface area contributed by atoms with Gasteiger partial charge in [-0.25, -0.2) is 0 Å². The number of amides is 2. The minimum atomic E-state index is -0.296. The lowest BCUT2D eigenvalue weighted by Gasteiger charge is -2.14. The maximum absolute atomic E-state index is 12.4. The number of nitrogens with one attached hydrogen (secondary N) is 2. The quantitative estimate of drug-likeness (QED) is 0.650. The third-order valence-corrected chi connectivity index (χ3v) is 4.50. The van der Waals surface area contributed by atoms with Gasteiger partial charge in [0.2, 0.25) is 0 Å². The summed E-state index contributed by atoms with van der Waals surface area (Å²) in [5.41, 5.74) is 2.55. The fraction of sp³-hybridized carbons (Fsp3) is 0.0909. The molecule has 0 saturated heterocycles. The van der Waals surface area contributed by atoms with Crippen LogP contribution in [0, 0.1) is 0 Å². The molecular formula is C22H19ClN2O2. The summed E-state index contributed by atoms with van der Waals surface area (Å²) in [4.78, 5) is 24.7. The van der Waals surface area contributed by atoms with E-state index in [1.54, 1.807) is 48.5 Å². The van der Waals surface area contributed by atoms with Crippen LogP contribution in [0.25, 0.3) is 0 Å². The van der Waals surface area contributed by atoms with Gasteiger partial charge in [0.05, 0.1) is 16.6 Å². The number of benzene rings is 3. The van der Waals surface area contributed by atoms with Gasteiger partial charge in [-0.1, -0.05) is 54.1 Å². The van der Waals surface area contributed by atoms with Gasteiger partial charge in [0.15, 0.2) is 0 Å². The molecule has 0 aromatic heterocycles. The minimum Gasteiger partial charge on any atom is -0.346 e. The lowest BCUT2D eigenvalue weighted by molar-refractivity contribution is 0.0939. The summed E-state index contributed by atoms with van der Waals surface area (Å²) in [6.45, 7) is 1.94. The molecule has 1 unspecified atom stereocenters. The first-order valence-corrected chi connectivity index (χ1v) is 8.94. The first kappa shape index (κ1) is 18.7. The van der Waals surface area contributed by atoms with Crippen molar-refractivity contribution in [2.45, 2.75) is 13.0 Å². The molecule has 0 saturated carbocycles. The topological polar surface area (TPSA) is 58.2 Å². The highest BCUT2D eigenvalue weighted by molar-refractivity contribution is 6.34. The zero-order chi connectivity index (χ0) is 19.2. The van der Waals surface area contributed by atoms with Crippen LogP contribution in [0.15, 0.2) is 78.9 Å². The van der Waals surface area contributed by atoms with E-state index < -0.39 is 0 Å². The molecule has 0 heterocycles. The average Bonchev–Trinajstić information content (AvgIpc) is 2.69. The van der Waals surface area contributed by atoms with Gasteiger partial charge in [0, 0.05) is 11.3 Å². The van der Waals surface area contributed by atoms with E-state index in [9.17, 15) is 9.59 Å². The summed E-state index contributed by atoms with van der Waals surface area (Å²) in [6, 6.07) is 23.2. The van der Waals surface area contributed by atoms with E-state index in [1.165, 1.54) is 0 Å². The predicted octanol–water partition coefficient (Wildman–Crippen LogP) is 5.08. The van der Waals surface area contributed by atoms with E-state index >= 15 is 0 Å². The van der Waals surface area contributed by atoms with Crippen molar-refractivity contribution in [2.24, 2.45) is 0 Å². The Hall–Kier alpha value is -3.11. The highest BCUT2D eigenvalue weighted by Gasteiger charge is 2.13. The normalized spacial score (nSPS) is 11.5. The molecule has 4 nitrogen and oxygen atoms in total. The maximum atomic E-state index is 12.4. The zero-order valence-corrected chi connectivity index (χ0v) is 15.5. The molecular weight excluding hydrogens is 360 g/mol. The van der Waals surface area contributed by atoms with E-state index in [4.69, 9.17) is 11.6 Å². The van der Waals surface area contributed by atoms with Crippen molar-refractivity contribution in [1.82, 2.24) is 5.32 Å². The zero-order valence-electron chi connectivity index (χ0n) is 14.8. The summed E-state index contributed by atoms with van der Waals surface area (Å²) in [5, 5.41) is 6.13. The van der Waals surface area contributed by atoms with Crippen molar-refractivity contribution >= 4 is 29.1 Å². The minimum absolute atomic E-state index is 0.0988. The maximum Gasteiger partial charge on any atom is 0.257 e. The van der Waals surface area contributed by atoms with E-state index in [0.29, 0.717) is 21.8 Å². The van der Waals surface area contributed by atoms with Crippen LogP contribution in [-0.4, -0.2) is 11.8 Å². The summed E-state index contributed by atoms with van der Waals surface area (Å²) in [5.74, 6) is -0.467. The fourth-order valence-electron chi connectivity index (χ4n) is 2.65. The highest BCUT2D eigenvalue weighted by atomic mass is 35.5. The second-order valence-electron chi connectivity index (χ2n) is 6.12. The standard InChI is InChI=1S/C22H19ClN2O2/c1-15(16-7-3-2-4-8-16)24-21(26)17-11-13-18(14-12-17)25-22(27)19-9-5-6-10-20(19)23/h2-15H,1H3,(H,24,26)(H,25,27). The van der Waals surface area contributed by atoms with Crippen molar-refractivity contribution in [2.75, 3.05) is 5.32 Å². The van der Waals surface area contributed by atoms with Gasteiger partial charge in [-0.3, -0.25) is 9.59 Å². The lowest BCUT2D eigenvalue weighted by atomic mass is 10.1. The molecule has 0 bridgehead atoms. The van der Waals surface area contributed by atoms with Crippen LogP contribution in [0.3, 0.4) is 0 Å². The Morgan fingerprint density at radius 1 is 0.815 bits per heavy atom. The first-order chi connectivity index (χ1) is 13.0. The van der Waals surface area contributed by atoms with Gasteiger partial charge in [0.1, 0.15) is 0 Å². The second-order valence-corrected chi connectivity index (χ2v) is 6.52. The number of rotatable bonds is 5. The molecule has 0 aliphatic rings. The molecule has 5 heteroatoms. The molecule has 0 radical (unpaired) electrons. The van der Waals surface area contributed by atoms with E-state index in [2.05, 4.69) is 10.6 Å². The highest BCUT2D eigenvalue weighted by Crippen LogP contribution is 2.18. The molecule has 2 N–H and O–H groups in total. The Morgan fingerprint density at radius 2 is 1.44 bits per heavy atom. The van der Waals surface area contributed by atoms with Gasteiger partial charge < -0.3 is 10.6 Å². The van der Waals surface area contributed by atoms with Crippen LogP contribution in [-0.2, 0) is 0 Å².